The molecule has 27 heavy (non-hydrogen) atoms. The maximum absolute atomic E-state index is 12.5. The lowest BCUT2D eigenvalue weighted by atomic mass is 9.94. The molecule has 0 bridgehead atoms. The molecule has 1 aromatic carbocycles. The van der Waals surface area contributed by atoms with Crippen LogP contribution in [-0.4, -0.2) is 11.9 Å². The number of carbonyl (C=O) groups excluding carboxylic acids is 1. The van der Waals surface area contributed by atoms with E-state index in [1.165, 1.54) is 12.0 Å². The number of fused-ring (bicyclic) bond motifs is 4. The number of hydrogen-bond donors (Lipinski definition) is 1. The summed E-state index contributed by atoms with van der Waals surface area (Å²) >= 11 is 0. The number of aryl methyl sites for hydroxylation is 3. The molecule has 0 saturated heterocycles. The summed E-state index contributed by atoms with van der Waals surface area (Å²) in [6, 6.07) is 4.29. The van der Waals surface area contributed by atoms with Gasteiger partial charge in [0.15, 0.2) is 0 Å². The number of benzene rings is 1. The molecule has 140 valence electrons. The highest BCUT2D eigenvalue weighted by molar-refractivity contribution is 5.97. The van der Waals surface area contributed by atoms with Crippen molar-refractivity contribution in [2.24, 2.45) is 0 Å². The zero-order valence-electron chi connectivity index (χ0n) is 15.5. The van der Waals surface area contributed by atoms with E-state index in [0.29, 0.717) is 30.0 Å². The van der Waals surface area contributed by atoms with Gasteiger partial charge in [0.25, 0.3) is 0 Å². The zero-order valence-corrected chi connectivity index (χ0v) is 15.5. The van der Waals surface area contributed by atoms with E-state index in [1.807, 2.05) is 13.0 Å². The van der Waals surface area contributed by atoms with Gasteiger partial charge >= 0.3 is 5.63 Å². The molecule has 2 aromatic heterocycles. The molecule has 0 atom stereocenters. The number of carbonyl (C=O) groups is 1. The maximum atomic E-state index is 12.5. The van der Waals surface area contributed by atoms with Crippen LogP contribution >= 0.6 is 0 Å². The van der Waals surface area contributed by atoms with Crippen LogP contribution in [0.4, 0.5) is 0 Å². The number of rotatable bonds is 4. The fraction of sp³-hybridized carbons (Fsp3) is 0.455. The smallest absolute Gasteiger partial charge is 0.339 e. The third-order valence-electron chi connectivity index (χ3n) is 5.91. The van der Waals surface area contributed by atoms with Gasteiger partial charge in [-0.2, -0.15) is 0 Å². The van der Waals surface area contributed by atoms with E-state index in [2.05, 4.69) is 11.4 Å². The normalized spacial score (nSPS) is 16.6. The number of furan rings is 1. The van der Waals surface area contributed by atoms with Crippen LogP contribution in [0.25, 0.3) is 21.9 Å². The van der Waals surface area contributed by atoms with Gasteiger partial charge in [0.1, 0.15) is 16.9 Å². The molecule has 1 amide bonds. The Hall–Kier alpha value is -2.56. The van der Waals surface area contributed by atoms with Gasteiger partial charge < -0.3 is 14.2 Å². The fourth-order valence-electron chi connectivity index (χ4n) is 4.20. The molecule has 3 aromatic rings. The van der Waals surface area contributed by atoms with E-state index >= 15 is 0 Å². The van der Waals surface area contributed by atoms with Crippen LogP contribution in [0.5, 0.6) is 0 Å². The van der Waals surface area contributed by atoms with Crippen molar-refractivity contribution in [1.82, 2.24) is 5.32 Å². The van der Waals surface area contributed by atoms with Crippen molar-refractivity contribution in [2.75, 3.05) is 0 Å². The summed E-state index contributed by atoms with van der Waals surface area (Å²) in [5, 5.41) is 5.04. The van der Waals surface area contributed by atoms with Crippen molar-refractivity contribution in [1.29, 1.82) is 0 Å². The Morgan fingerprint density at radius 2 is 1.89 bits per heavy atom. The van der Waals surface area contributed by atoms with E-state index in [-0.39, 0.29) is 11.5 Å². The zero-order chi connectivity index (χ0) is 18.5. The molecular weight excluding hydrogens is 342 g/mol. The molecule has 1 saturated carbocycles. The van der Waals surface area contributed by atoms with Gasteiger partial charge in [0, 0.05) is 46.8 Å². The van der Waals surface area contributed by atoms with E-state index in [4.69, 9.17) is 8.83 Å². The predicted molar refractivity (Wildman–Crippen MR) is 103 cm³/mol. The van der Waals surface area contributed by atoms with Crippen LogP contribution in [0.2, 0.25) is 0 Å². The highest BCUT2D eigenvalue weighted by Crippen LogP contribution is 2.35. The van der Waals surface area contributed by atoms with Crippen molar-refractivity contribution in [2.45, 2.75) is 64.3 Å². The van der Waals surface area contributed by atoms with Gasteiger partial charge in [-0.3, -0.25) is 4.79 Å². The van der Waals surface area contributed by atoms with Crippen LogP contribution in [0, 0.1) is 6.92 Å². The van der Waals surface area contributed by atoms with Gasteiger partial charge in [-0.05, 0) is 57.1 Å². The minimum atomic E-state index is -0.352. The standard InChI is InChI=1S/C22H23NO4/c1-12-14(8-9-21(24)23-13-6-7-13)22(25)27-19-11-20-17(10-16(12)19)15-4-2-3-5-18(15)26-20/h10-11,13H,2-9H2,1H3,(H,23,24). The molecule has 0 aliphatic heterocycles. The van der Waals surface area contributed by atoms with Gasteiger partial charge in [0.05, 0.1) is 0 Å². The monoisotopic (exact) mass is 365 g/mol. The van der Waals surface area contributed by atoms with Crippen molar-refractivity contribution in [3.05, 3.63) is 45.0 Å². The first-order chi connectivity index (χ1) is 13.1. The SMILES string of the molecule is Cc1c(CCC(=O)NC2CC2)c(=O)oc2cc3oc4c(c3cc12)CCCC4. The van der Waals surface area contributed by atoms with Gasteiger partial charge in [-0.15, -0.1) is 0 Å². The molecule has 2 aliphatic rings. The molecule has 0 radical (unpaired) electrons. The van der Waals surface area contributed by atoms with E-state index < -0.39 is 0 Å². The largest absolute Gasteiger partial charge is 0.461 e. The topological polar surface area (TPSA) is 72.5 Å². The molecule has 0 unspecified atom stereocenters. The van der Waals surface area contributed by atoms with Gasteiger partial charge in [-0.25, -0.2) is 4.79 Å². The molecule has 2 aliphatic carbocycles. The molecule has 2 heterocycles. The van der Waals surface area contributed by atoms with Crippen LogP contribution in [0.3, 0.4) is 0 Å². The van der Waals surface area contributed by atoms with Crippen molar-refractivity contribution >= 4 is 27.8 Å². The third-order valence-corrected chi connectivity index (χ3v) is 5.91. The summed E-state index contributed by atoms with van der Waals surface area (Å²) in [4.78, 5) is 24.5. The summed E-state index contributed by atoms with van der Waals surface area (Å²) < 4.78 is 11.6. The Kier molecular flexibility index (Phi) is 3.85. The summed E-state index contributed by atoms with van der Waals surface area (Å²) in [7, 11) is 0. The molecule has 5 nitrogen and oxygen atoms in total. The Labute approximate surface area is 156 Å². The van der Waals surface area contributed by atoms with Crippen molar-refractivity contribution in [3.8, 4) is 0 Å². The first kappa shape index (κ1) is 16.6. The lowest BCUT2D eigenvalue weighted by molar-refractivity contribution is -0.121. The van der Waals surface area contributed by atoms with Crippen molar-refractivity contribution in [3.63, 3.8) is 0 Å². The molecule has 5 heteroatoms. The molecular formula is C22H23NO4. The fourth-order valence-corrected chi connectivity index (χ4v) is 4.20. The second-order valence-electron chi connectivity index (χ2n) is 7.89. The first-order valence-corrected chi connectivity index (χ1v) is 9.90. The Morgan fingerprint density at radius 3 is 2.70 bits per heavy atom. The summed E-state index contributed by atoms with van der Waals surface area (Å²) in [6.45, 7) is 1.95. The molecule has 1 N–H and O–H groups in total. The van der Waals surface area contributed by atoms with E-state index in [1.54, 1.807) is 0 Å². The summed E-state index contributed by atoms with van der Waals surface area (Å²) in [5.41, 5.74) is 3.82. The number of hydrogen-bond acceptors (Lipinski definition) is 4. The van der Waals surface area contributed by atoms with Crippen LogP contribution in [0.1, 0.15) is 54.6 Å². The molecule has 5 rings (SSSR count). The van der Waals surface area contributed by atoms with Crippen LogP contribution in [-0.2, 0) is 24.1 Å². The van der Waals surface area contributed by atoms with E-state index in [0.717, 1.165) is 59.8 Å². The van der Waals surface area contributed by atoms with Gasteiger partial charge in [-0.1, -0.05) is 0 Å². The predicted octanol–water partition coefficient (Wildman–Crippen LogP) is 3.94. The molecule has 1 fully saturated rings. The Morgan fingerprint density at radius 1 is 1.11 bits per heavy atom. The Balaban J connectivity index is 1.54. The lowest BCUT2D eigenvalue weighted by Gasteiger charge is -2.10. The van der Waals surface area contributed by atoms with Crippen molar-refractivity contribution < 1.29 is 13.6 Å². The van der Waals surface area contributed by atoms with Crippen LogP contribution in [0.15, 0.2) is 25.8 Å². The number of nitrogens with one attached hydrogen (secondary N) is 1. The quantitative estimate of drug-likeness (QED) is 0.711. The minimum absolute atomic E-state index is 0.00996. The van der Waals surface area contributed by atoms with E-state index in [9.17, 15) is 9.59 Å². The highest BCUT2D eigenvalue weighted by Gasteiger charge is 2.24. The second-order valence-corrected chi connectivity index (χ2v) is 7.89. The highest BCUT2D eigenvalue weighted by atomic mass is 16.4. The average molecular weight is 365 g/mol. The Bertz CT molecular complexity index is 1120. The average Bonchev–Trinajstić information content (AvgIpc) is 3.38. The summed E-state index contributed by atoms with van der Waals surface area (Å²) in [5.74, 6) is 1.08. The summed E-state index contributed by atoms with van der Waals surface area (Å²) in [6.07, 6.45) is 7.21. The molecule has 0 spiro atoms. The maximum Gasteiger partial charge on any atom is 0.339 e. The third kappa shape index (κ3) is 2.95. The number of amides is 1. The van der Waals surface area contributed by atoms with Gasteiger partial charge in [0.2, 0.25) is 5.91 Å². The second kappa shape index (κ2) is 6.25. The van der Waals surface area contributed by atoms with Crippen LogP contribution < -0.4 is 10.9 Å². The minimum Gasteiger partial charge on any atom is -0.461 e. The first-order valence-electron chi connectivity index (χ1n) is 9.90. The lowest BCUT2D eigenvalue weighted by Crippen LogP contribution is -2.26.